The van der Waals surface area contributed by atoms with Crippen molar-refractivity contribution in [2.45, 2.75) is 102 Å². The summed E-state index contributed by atoms with van der Waals surface area (Å²) in [6, 6.07) is 0. The average Bonchev–Trinajstić information content (AvgIpc) is 3.47. The number of carbonyl (C=O) groups is 2. The van der Waals surface area contributed by atoms with Crippen LogP contribution < -0.4 is 0 Å². The van der Waals surface area contributed by atoms with Gasteiger partial charge in [0, 0.05) is 12.0 Å². The molecule has 0 aromatic carbocycles. The third-order valence-electron chi connectivity index (χ3n) is 11.7. The summed E-state index contributed by atoms with van der Waals surface area (Å²) in [4.78, 5) is 25.8. The maximum absolute atomic E-state index is 13.3. The Morgan fingerprint density at radius 3 is 2.49 bits per heavy atom. The first kappa shape index (κ1) is 23.8. The van der Waals surface area contributed by atoms with Gasteiger partial charge >= 0.3 is 5.97 Å². The Labute approximate surface area is 206 Å². The van der Waals surface area contributed by atoms with Crippen molar-refractivity contribution in [3.8, 4) is 0 Å². The van der Waals surface area contributed by atoms with Gasteiger partial charge in [-0.2, -0.15) is 0 Å². The predicted molar refractivity (Wildman–Crippen MR) is 126 cm³/mol. The SMILES string of the molecule is CC1=C(C)C(=O)OC(C(C)(O)C2CCC3C4C(O)C5OC56C(O)C=CC(=O)C6(C)C4CCC32C)C1. The van der Waals surface area contributed by atoms with Gasteiger partial charge in [0.05, 0.1) is 11.5 Å². The summed E-state index contributed by atoms with van der Waals surface area (Å²) in [7, 11) is 0. The van der Waals surface area contributed by atoms with Crippen LogP contribution in [-0.2, 0) is 19.1 Å². The van der Waals surface area contributed by atoms with E-state index >= 15 is 0 Å². The molecule has 3 saturated carbocycles. The second-order valence-electron chi connectivity index (χ2n) is 12.9. The average molecular weight is 487 g/mol. The predicted octanol–water partition coefficient (Wildman–Crippen LogP) is 2.47. The third-order valence-corrected chi connectivity index (χ3v) is 11.7. The largest absolute Gasteiger partial charge is 0.456 e. The first-order valence-electron chi connectivity index (χ1n) is 13.2. The summed E-state index contributed by atoms with van der Waals surface area (Å²) in [5.74, 6) is -0.651. The summed E-state index contributed by atoms with van der Waals surface area (Å²) in [6.07, 6.45) is 3.79. The van der Waals surface area contributed by atoms with Crippen LogP contribution in [-0.4, -0.2) is 62.7 Å². The lowest BCUT2D eigenvalue weighted by molar-refractivity contribution is -0.190. The fourth-order valence-corrected chi connectivity index (χ4v) is 9.54. The molecule has 6 rings (SSSR count). The lowest BCUT2D eigenvalue weighted by Gasteiger charge is -2.59. The van der Waals surface area contributed by atoms with Crippen molar-refractivity contribution in [1.29, 1.82) is 0 Å². The number of hydrogen-bond donors (Lipinski definition) is 3. The molecule has 192 valence electrons. The summed E-state index contributed by atoms with van der Waals surface area (Å²) in [6.45, 7) is 9.63. The minimum atomic E-state index is -1.21. The second-order valence-corrected chi connectivity index (χ2v) is 12.9. The van der Waals surface area contributed by atoms with E-state index in [4.69, 9.17) is 9.47 Å². The van der Waals surface area contributed by atoms with Crippen LogP contribution in [0.4, 0.5) is 0 Å². The number of aliphatic hydroxyl groups excluding tert-OH is 2. The molecule has 7 heteroatoms. The van der Waals surface area contributed by atoms with Gasteiger partial charge in [-0.1, -0.05) is 12.5 Å². The fourth-order valence-electron chi connectivity index (χ4n) is 9.54. The topological polar surface area (TPSA) is 117 Å². The zero-order valence-electron chi connectivity index (χ0n) is 21.3. The molecule has 0 radical (unpaired) electrons. The van der Waals surface area contributed by atoms with Crippen molar-refractivity contribution in [3.63, 3.8) is 0 Å². The van der Waals surface area contributed by atoms with E-state index in [9.17, 15) is 24.9 Å². The molecule has 6 aliphatic rings. The fraction of sp³-hybridized carbons (Fsp3) is 0.786. The molecule has 4 fully saturated rings. The Balaban J connectivity index is 1.34. The number of fused-ring (bicyclic) bond motifs is 4. The number of ketones is 1. The Morgan fingerprint density at radius 2 is 1.80 bits per heavy atom. The van der Waals surface area contributed by atoms with E-state index in [0.29, 0.717) is 18.4 Å². The molecule has 4 aliphatic carbocycles. The van der Waals surface area contributed by atoms with E-state index in [1.165, 1.54) is 12.2 Å². The maximum Gasteiger partial charge on any atom is 0.334 e. The van der Waals surface area contributed by atoms with Gasteiger partial charge in [0.1, 0.15) is 29.5 Å². The number of esters is 1. The van der Waals surface area contributed by atoms with Gasteiger partial charge in [-0.15, -0.1) is 0 Å². The molecule has 12 unspecified atom stereocenters. The van der Waals surface area contributed by atoms with Gasteiger partial charge in [-0.05, 0) is 94.6 Å². The second kappa shape index (κ2) is 7.06. The van der Waals surface area contributed by atoms with E-state index in [-0.39, 0.29) is 40.8 Å². The molecule has 1 spiro atoms. The van der Waals surface area contributed by atoms with Crippen molar-refractivity contribution in [1.82, 2.24) is 0 Å². The van der Waals surface area contributed by atoms with Gasteiger partial charge in [0.25, 0.3) is 0 Å². The quantitative estimate of drug-likeness (QED) is 0.406. The van der Waals surface area contributed by atoms with Crippen LogP contribution in [0.2, 0.25) is 0 Å². The van der Waals surface area contributed by atoms with Crippen LogP contribution in [0.1, 0.15) is 66.7 Å². The molecule has 0 aromatic heterocycles. The van der Waals surface area contributed by atoms with Crippen LogP contribution >= 0.6 is 0 Å². The molecule has 0 aromatic rings. The van der Waals surface area contributed by atoms with E-state index in [1.807, 2.05) is 20.8 Å². The zero-order chi connectivity index (χ0) is 25.3. The number of rotatable bonds is 2. The standard InChI is InChI=1S/C28H38O7/c1-13-12-20(34-24(32)14(13)2)27(5,33)17-7-6-15-21-16(10-11-25(15,17)3)26(4)18(29)8-9-19(30)28(26)23(35-28)22(21)31/h8-9,15-17,19-23,30-31,33H,6-7,10-12H2,1-5H3. The molecule has 0 bridgehead atoms. The molecular weight excluding hydrogens is 448 g/mol. The van der Waals surface area contributed by atoms with E-state index in [0.717, 1.165) is 24.8 Å². The van der Waals surface area contributed by atoms with Gasteiger partial charge in [-0.25, -0.2) is 4.79 Å². The molecule has 2 aliphatic heterocycles. The van der Waals surface area contributed by atoms with Crippen molar-refractivity contribution in [2.24, 2.45) is 34.5 Å². The van der Waals surface area contributed by atoms with Gasteiger partial charge in [0.15, 0.2) is 5.78 Å². The minimum absolute atomic E-state index is 0.0240. The Hall–Kier alpha value is -1.54. The molecule has 1 saturated heterocycles. The van der Waals surface area contributed by atoms with Crippen LogP contribution in [0.15, 0.2) is 23.3 Å². The number of cyclic esters (lactones) is 1. The molecule has 2 heterocycles. The summed E-state index contributed by atoms with van der Waals surface area (Å²) in [5, 5.41) is 34.3. The van der Waals surface area contributed by atoms with Crippen molar-refractivity contribution >= 4 is 11.8 Å². The maximum atomic E-state index is 13.3. The zero-order valence-corrected chi connectivity index (χ0v) is 21.3. The first-order valence-corrected chi connectivity index (χ1v) is 13.2. The highest BCUT2D eigenvalue weighted by Gasteiger charge is 2.83. The Morgan fingerprint density at radius 1 is 1.09 bits per heavy atom. The molecular formula is C28H38O7. The number of aliphatic hydroxyl groups is 3. The highest BCUT2D eigenvalue weighted by Crippen LogP contribution is 2.73. The lowest BCUT2D eigenvalue weighted by Crippen LogP contribution is -2.67. The number of epoxide rings is 1. The number of ether oxygens (including phenoxy) is 2. The summed E-state index contributed by atoms with van der Waals surface area (Å²) in [5.41, 5.74) is -1.83. The summed E-state index contributed by atoms with van der Waals surface area (Å²) < 4.78 is 11.8. The molecule has 7 nitrogen and oxygen atoms in total. The minimum Gasteiger partial charge on any atom is -0.456 e. The van der Waals surface area contributed by atoms with Crippen molar-refractivity contribution in [2.75, 3.05) is 0 Å². The Bertz CT molecular complexity index is 1060. The molecule has 35 heavy (non-hydrogen) atoms. The van der Waals surface area contributed by atoms with E-state index in [1.54, 1.807) is 6.92 Å². The Kier molecular flexibility index (Phi) is 4.81. The van der Waals surface area contributed by atoms with Crippen LogP contribution in [0.25, 0.3) is 0 Å². The molecule has 3 N–H and O–H groups in total. The van der Waals surface area contributed by atoms with Crippen LogP contribution in [0.5, 0.6) is 0 Å². The van der Waals surface area contributed by atoms with Crippen LogP contribution in [0.3, 0.4) is 0 Å². The monoisotopic (exact) mass is 486 g/mol. The molecule has 0 amide bonds. The lowest BCUT2D eigenvalue weighted by atomic mass is 9.43. The highest BCUT2D eigenvalue weighted by molar-refractivity contribution is 5.98. The van der Waals surface area contributed by atoms with Gasteiger partial charge in [0.2, 0.25) is 0 Å². The summed E-state index contributed by atoms with van der Waals surface area (Å²) >= 11 is 0. The molecule has 12 atom stereocenters. The third kappa shape index (κ3) is 2.66. The normalized spacial score (nSPS) is 54.3. The number of allylic oxidation sites excluding steroid dienone is 1. The van der Waals surface area contributed by atoms with Gasteiger partial charge < -0.3 is 24.8 Å². The number of carbonyl (C=O) groups excluding carboxylic acids is 2. The van der Waals surface area contributed by atoms with E-state index < -0.39 is 41.0 Å². The van der Waals surface area contributed by atoms with E-state index in [2.05, 4.69) is 6.92 Å². The van der Waals surface area contributed by atoms with Crippen molar-refractivity contribution < 1.29 is 34.4 Å². The van der Waals surface area contributed by atoms with Gasteiger partial charge in [-0.3, -0.25) is 4.79 Å². The number of hydrogen-bond acceptors (Lipinski definition) is 7. The van der Waals surface area contributed by atoms with Crippen molar-refractivity contribution in [3.05, 3.63) is 23.3 Å². The highest BCUT2D eigenvalue weighted by atomic mass is 16.6. The smallest absolute Gasteiger partial charge is 0.334 e. The first-order chi connectivity index (χ1) is 16.3. The van der Waals surface area contributed by atoms with Crippen LogP contribution in [0, 0.1) is 34.5 Å².